The number of hydrogen-bond acceptors (Lipinski definition) is 5. The predicted octanol–water partition coefficient (Wildman–Crippen LogP) is 6.00. The number of ether oxygens (including phenoxy) is 2. The molecule has 2 N–H and O–H groups in total. The molecule has 2 aromatic carbocycles. The lowest BCUT2D eigenvalue weighted by atomic mass is 10.1. The van der Waals surface area contributed by atoms with Gasteiger partial charge < -0.3 is 24.5 Å². The molecule has 35 heavy (non-hydrogen) atoms. The molecule has 0 atom stereocenters. The molecule has 0 aliphatic carbocycles. The van der Waals surface area contributed by atoms with Crippen LogP contribution in [0, 0.1) is 0 Å². The topological polar surface area (TPSA) is 89.8 Å². The highest BCUT2D eigenvalue weighted by Gasteiger charge is 2.34. The van der Waals surface area contributed by atoms with Crippen LogP contribution in [0.5, 0.6) is 11.5 Å². The summed E-state index contributed by atoms with van der Waals surface area (Å²) in [5.41, 5.74) is -0.899. The average molecular weight is 488 g/mol. The number of benzene rings is 2. The second kappa shape index (κ2) is 11.3. The van der Waals surface area contributed by atoms with Crippen LogP contribution >= 0.6 is 0 Å². The van der Waals surface area contributed by atoms with Gasteiger partial charge in [0.15, 0.2) is 11.5 Å². The van der Waals surface area contributed by atoms with Gasteiger partial charge in [0.25, 0.3) is 5.91 Å². The van der Waals surface area contributed by atoms with Crippen LogP contribution in [0.3, 0.4) is 0 Å². The fourth-order valence-electron chi connectivity index (χ4n) is 3.03. The molecule has 0 fully saturated rings. The number of rotatable bonds is 9. The quantitative estimate of drug-likeness (QED) is 0.361. The zero-order valence-electron chi connectivity index (χ0n) is 18.9. The monoisotopic (exact) mass is 488 g/mol. The summed E-state index contributed by atoms with van der Waals surface area (Å²) >= 11 is 0. The van der Waals surface area contributed by atoms with Gasteiger partial charge in [-0.15, -0.1) is 0 Å². The number of alkyl halides is 3. The van der Waals surface area contributed by atoms with Gasteiger partial charge in [0.05, 0.1) is 36.8 Å². The standard InChI is InChI=1S/C25H23F3N2O5/c1-3-11-35-21-8-4-16(13-22(21)33-2)5-9-23(31)30-20-7-6-18(14-19(20)25(26,27)28)29-24(32)17-10-12-34-15-17/h4-10,12-15H,3,11H2,1-2H3,(H,29,32)(H,30,31). The van der Waals surface area contributed by atoms with Crippen LogP contribution in [0.15, 0.2) is 65.5 Å². The lowest BCUT2D eigenvalue weighted by Crippen LogP contribution is -2.16. The molecular formula is C25H23F3N2O5. The van der Waals surface area contributed by atoms with E-state index in [0.717, 1.165) is 24.6 Å². The van der Waals surface area contributed by atoms with Crippen molar-refractivity contribution in [3.63, 3.8) is 0 Å². The summed E-state index contributed by atoms with van der Waals surface area (Å²) in [4.78, 5) is 24.4. The van der Waals surface area contributed by atoms with Gasteiger partial charge in [0.2, 0.25) is 5.91 Å². The highest BCUT2D eigenvalue weighted by atomic mass is 19.4. The lowest BCUT2D eigenvalue weighted by molar-refractivity contribution is -0.136. The van der Waals surface area contributed by atoms with E-state index in [0.29, 0.717) is 23.7 Å². The summed E-state index contributed by atoms with van der Waals surface area (Å²) in [6.45, 7) is 2.48. The van der Waals surface area contributed by atoms with E-state index in [1.165, 1.54) is 37.8 Å². The molecule has 0 unspecified atom stereocenters. The third-order valence-electron chi connectivity index (χ3n) is 4.70. The van der Waals surface area contributed by atoms with Crippen LogP contribution < -0.4 is 20.1 Å². The maximum Gasteiger partial charge on any atom is 0.418 e. The van der Waals surface area contributed by atoms with Gasteiger partial charge in [-0.2, -0.15) is 13.2 Å². The first kappa shape index (κ1) is 25.4. The number of amides is 2. The maximum atomic E-state index is 13.6. The molecule has 184 valence electrons. The molecule has 0 aliphatic heterocycles. The van der Waals surface area contributed by atoms with E-state index in [1.807, 2.05) is 6.92 Å². The molecule has 3 rings (SSSR count). The summed E-state index contributed by atoms with van der Waals surface area (Å²) in [5, 5.41) is 4.60. The van der Waals surface area contributed by atoms with Gasteiger partial charge >= 0.3 is 6.18 Å². The first-order chi connectivity index (χ1) is 16.7. The van der Waals surface area contributed by atoms with E-state index < -0.39 is 29.2 Å². The maximum absolute atomic E-state index is 13.6. The Balaban J connectivity index is 1.74. The molecule has 2 amide bonds. The molecular weight excluding hydrogens is 465 g/mol. The van der Waals surface area contributed by atoms with Gasteiger partial charge in [0.1, 0.15) is 6.26 Å². The van der Waals surface area contributed by atoms with Crippen LogP contribution in [0.2, 0.25) is 0 Å². The molecule has 0 saturated heterocycles. The van der Waals surface area contributed by atoms with Crippen molar-refractivity contribution >= 4 is 29.3 Å². The number of furan rings is 1. The summed E-state index contributed by atoms with van der Waals surface area (Å²) in [6, 6.07) is 9.47. The van der Waals surface area contributed by atoms with Crippen LogP contribution in [0.1, 0.15) is 34.8 Å². The largest absolute Gasteiger partial charge is 0.493 e. The Labute approximate surface area is 199 Å². The van der Waals surface area contributed by atoms with Crippen LogP contribution in [0.4, 0.5) is 24.5 Å². The molecule has 1 heterocycles. The Hall–Kier alpha value is -4.21. The summed E-state index contributed by atoms with van der Waals surface area (Å²) in [6.07, 6.45) is 1.03. The van der Waals surface area contributed by atoms with Crippen molar-refractivity contribution in [2.45, 2.75) is 19.5 Å². The minimum atomic E-state index is -4.77. The SMILES string of the molecule is CCCOc1ccc(C=CC(=O)Nc2ccc(NC(=O)c3ccoc3)cc2C(F)(F)F)cc1OC. The van der Waals surface area contributed by atoms with Crippen molar-refractivity contribution in [1.29, 1.82) is 0 Å². The third kappa shape index (κ3) is 6.89. The summed E-state index contributed by atoms with van der Waals surface area (Å²) in [7, 11) is 1.48. The molecule has 0 radical (unpaired) electrons. The number of anilines is 2. The normalized spacial score (nSPS) is 11.3. The van der Waals surface area contributed by atoms with Gasteiger partial charge in [-0.3, -0.25) is 9.59 Å². The fourth-order valence-corrected chi connectivity index (χ4v) is 3.03. The van der Waals surface area contributed by atoms with Crippen LogP contribution in [0.25, 0.3) is 6.08 Å². The van der Waals surface area contributed by atoms with Gasteiger partial charge in [-0.1, -0.05) is 13.0 Å². The number of methoxy groups -OCH3 is 1. The summed E-state index contributed by atoms with van der Waals surface area (Å²) < 4.78 is 56.5. The van der Waals surface area contributed by atoms with E-state index in [1.54, 1.807) is 18.2 Å². The second-order valence-corrected chi connectivity index (χ2v) is 7.31. The van der Waals surface area contributed by atoms with E-state index >= 15 is 0 Å². The van der Waals surface area contributed by atoms with Crippen molar-refractivity contribution < 1.29 is 36.7 Å². The third-order valence-corrected chi connectivity index (χ3v) is 4.70. The molecule has 0 aliphatic rings. The van der Waals surface area contributed by atoms with Gasteiger partial charge in [-0.25, -0.2) is 0 Å². The Kier molecular flexibility index (Phi) is 8.19. The van der Waals surface area contributed by atoms with Crippen molar-refractivity contribution in [2.24, 2.45) is 0 Å². The Morgan fingerprint density at radius 2 is 1.86 bits per heavy atom. The van der Waals surface area contributed by atoms with Crippen LogP contribution in [-0.4, -0.2) is 25.5 Å². The Bertz CT molecular complexity index is 1200. The predicted molar refractivity (Wildman–Crippen MR) is 125 cm³/mol. The minimum Gasteiger partial charge on any atom is -0.493 e. The second-order valence-electron chi connectivity index (χ2n) is 7.31. The number of halogens is 3. The number of carbonyl (C=O) groups is 2. The van der Waals surface area contributed by atoms with Crippen molar-refractivity contribution in [2.75, 3.05) is 24.4 Å². The first-order valence-corrected chi connectivity index (χ1v) is 10.6. The highest BCUT2D eigenvalue weighted by molar-refractivity contribution is 6.05. The number of carbonyl (C=O) groups excluding carboxylic acids is 2. The number of hydrogen-bond donors (Lipinski definition) is 2. The zero-order chi connectivity index (χ0) is 25.4. The van der Waals surface area contributed by atoms with E-state index in [9.17, 15) is 22.8 Å². The molecule has 0 saturated carbocycles. The van der Waals surface area contributed by atoms with Crippen molar-refractivity contribution in [3.8, 4) is 11.5 Å². The molecule has 7 nitrogen and oxygen atoms in total. The smallest absolute Gasteiger partial charge is 0.418 e. The van der Waals surface area contributed by atoms with E-state index in [2.05, 4.69) is 10.6 Å². The Morgan fingerprint density at radius 3 is 2.51 bits per heavy atom. The van der Waals surface area contributed by atoms with Crippen LogP contribution in [-0.2, 0) is 11.0 Å². The highest BCUT2D eigenvalue weighted by Crippen LogP contribution is 2.37. The average Bonchev–Trinajstić information content (AvgIpc) is 3.37. The molecule has 10 heteroatoms. The molecule has 3 aromatic rings. The zero-order valence-corrected chi connectivity index (χ0v) is 18.9. The first-order valence-electron chi connectivity index (χ1n) is 10.6. The molecule has 0 spiro atoms. The number of nitrogens with one attached hydrogen (secondary N) is 2. The lowest BCUT2D eigenvalue weighted by Gasteiger charge is -2.15. The summed E-state index contributed by atoms with van der Waals surface area (Å²) in [5.74, 6) is -0.386. The van der Waals surface area contributed by atoms with Crippen molar-refractivity contribution in [3.05, 3.63) is 77.8 Å². The van der Waals surface area contributed by atoms with Crippen molar-refractivity contribution in [1.82, 2.24) is 0 Å². The van der Waals surface area contributed by atoms with Gasteiger partial charge in [-0.05, 0) is 54.5 Å². The van der Waals surface area contributed by atoms with Gasteiger partial charge in [0, 0.05) is 11.8 Å². The van der Waals surface area contributed by atoms with E-state index in [4.69, 9.17) is 13.9 Å². The Morgan fingerprint density at radius 1 is 1.06 bits per heavy atom. The molecule has 1 aromatic heterocycles. The molecule has 0 bridgehead atoms. The van der Waals surface area contributed by atoms with E-state index in [-0.39, 0.29) is 11.3 Å². The fraction of sp³-hybridized carbons (Fsp3) is 0.200. The minimum absolute atomic E-state index is 0.0884.